The number of hydrazine groups is 1. The van der Waals surface area contributed by atoms with Crippen LogP contribution in [0.15, 0.2) is 42.5 Å². The lowest BCUT2D eigenvalue weighted by atomic mass is 9.87. The second-order valence-corrected chi connectivity index (χ2v) is 7.77. The maximum Gasteiger partial charge on any atom is 0.422 e. The third-order valence-corrected chi connectivity index (χ3v) is 5.92. The molecule has 1 atom stereocenters. The van der Waals surface area contributed by atoms with Gasteiger partial charge in [0.25, 0.3) is 0 Å². The van der Waals surface area contributed by atoms with E-state index < -0.39 is 12.1 Å². The van der Waals surface area contributed by atoms with E-state index in [9.17, 15) is 23.5 Å². The SMILES string of the molecule is CNN(C(=O)O)C(CC=O)C1CCN(Cc2ccc(-c3ccc(F)cc3)cc2F)CC1. The standard InChI is InChI=1S/C23H27F2N3O3/c1-26-28(23(30)31)22(10-13-29)17-8-11-27(12-9-17)15-19-3-2-18(14-21(19)25)16-4-6-20(24)7-5-16/h2-7,13-14,17,22,26H,8-12,15H2,1H3,(H,30,31). The fourth-order valence-corrected chi connectivity index (χ4v) is 4.24. The lowest BCUT2D eigenvalue weighted by molar-refractivity contribution is -0.109. The molecule has 1 amide bonds. The Morgan fingerprint density at radius 3 is 2.39 bits per heavy atom. The van der Waals surface area contributed by atoms with Crippen LogP contribution >= 0.6 is 0 Å². The van der Waals surface area contributed by atoms with Crippen molar-refractivity contribution in [2.45, 2.75) is 31.8 Å². The smallest absolute Gasteiger partial charge is 0.422 e. The number of nitrogens with one attached hydrogen (secondary N) is 1. The molecule has 2 aromatic rings. The molecule has 1 heterocycles. The number of hydrogen-bond acceptors (Lipinski definition) is 4. The van der Waals surface area contributed by atoms with Gasteiger partial charge in [0.1, 0.15) is 17.9 Å². The number of rotatable bonds is 8. The molecule has 8 heteroatoms. The van der Waals surface area contributed by atoms with Crippen LogP contribution in [-0.2, 0) is 11.3 Å². The van der Waals surface area contributed by atoms with E-state index in [4.69, 9.17) is 0 Å². The van der Waals surface area contributed by atoms with Crippen molar-refractivity contribution in [3.05, 3.63) is 59.7 Å². The molecule has 0 spiro atoms. The van der Waals surface area contributed by atoms with Crippen molar-refractivity contribution in [3.8, 4) is 11.1 Å². The molecule has 0 radical (unpaired) electrons. The zero-order valence-corrected chi connectivity index (χ0v) is 17.4. The summed E-state index contributed by atoms with van der Waals surface area (Å²) in [4.78, 5) is 24.7. The Labute approximate surface area is 180 Å². The molecule has 0 bridgehead atoms. The van der Waals surface area contributed by atoms with Crippen molar-refractivity contribution < 1.29 is 23.5 Å². The molecule has 0 saturated carbocycles. The number of likely N-dealkylation sites (tertiary alicyclic amines) is 1. The number of hydrogen-bond donors (Lipinski definition) is 2. The number of amides is 1. The van der Waals surface area contributed by atoms with E-state index in [0.717, 1.165) is 29.7 Å². The van der Waals surface area contributed by atoms with Gasteiger partial charge in [-0.05, 0) is 61.2 Å². The first-order valence-corrected chi connectivity index (χ1v) is 10.3. The molecular weight excluding hydrogens is 404 g/mol. The van der Waals surface area contributed by atoms with Gasteiger partial charge < -0.3 is 9.90 Å². The summed E-state index contributed by atoms with van der Waals surface area (Å²) in [6, 6.07) is 10.6. The van der Waals surface area contributed by atoms with E-state index in [0.29, 0.717) is 30.8 Å². The molecule has 31 heavy (non-hydrogen) atoms. The van der Waals surface area contributed by atoms with Gasteiger partial charge in [-0.3, -0.25) is 4.90 Å². The summed E-state index contributed by atoms with van der Waals surface area (Å²) in [5, 5.41) is 10.5. The highest BCUT2D eigenvalue weighted by Crippen LogP contribution is 2.28. The number of aldehydes is 1. The second kappa shape index (κ2) is 10.5. The molecule has 166 valence electrons. The second-order valence-electron chi connectivity index (χ2n) is 7.77. The first-order valence-electron chi connectivity index (χ1n) is 10.3. The number of piperidine rings is 1. The van der Waals surface area contributed by atoms with Crippen LogP contribution in [0.25, 0.3) is 11.1 Å². The minimum Gasteiger partial charge on any atom is -0.464 e. The van der Waals surface area contributed by atoms with Gasteiger partial charge in [-0.2, -0.15) is 0 Å². The maximum absolute atomic E-state index is 14.7. The summed E-state index contributed by atoms with van der Waals surface area (Å²) in [6.07, 6.45) is 1.22. The molecule has 0 aliphatic carbocycles. The number of benzene rings is 2. The number of carbonyl (C=O) groups excluding carboxylic acids is 1. The zero-order valence-electron chi connectivity index (χ0n) is 17.4. The van der Waals surface area contributed by atoms with Crippen molar-refractivity contribution in [1.29, 1.82) is 0 Å². The average Bonchev–Trinajstić information content (AvgIpc) is 2.76. The van der Waals surface area contributed by atoms with Gasteiger partial charge in [0, 0.05) is 25.6 Å². The van der Waals surface area contributed by atoms with Crippen LogP contribution < -0.4 is 5.43 Å². The van der Waals surface area contributed by atoms with Gasteiger partial charge in [0.2, 0.25) is 0 Å². The first kappa shape index (κ1) is 22.8. The molecule has 1 aliphatic rings. The number of carbonyl (C=O) groups is 2. The molecule has 1 fully saturated rings. The molecule has 0 aromatic heterocycles. The maximum atomic E-state index is 14.7. The highest BCUT2D eigenvalue weighted by atomic mass is 19.1. The third-order valence-electron chi connectivity index (χ3n) is 5.92. The van der Waals surface area contributed by atoms with Crippen molar-refractivity contribution in [1.82, 2.24) is 15.3 Å². The normalized spacial score (nSPS) is 16.1. The number of halogens is 2. The Morgan fingerprint density at radius 2 is 1.84 bits per heavy atom. The predicted molar refractivity (Wildman–Crippen MR) is 113 cm³/mol. The Kier molecular flexibility index (Phi) is 7.70. The summed E-state index contributed by atoms with van der Waals surface area (Å²) >= 11 is 0. The Morgan fingerprint density at radius 1 is 1.19 bits per heavy atom. The minimum absolute atomic E-state index is 0.0516. The monoisotopic (exact) mass is 431 g/mol. The summed E-state index contributed by atoms with van der Waals surface area (Å²) < 4.78 is 27.8. The minimum atomic E-state index is -1.11. The predicted octanol–water partition coefficient (Wildman–Crippen LogP) is 3.92. The summed E-state index contributed by atoms with van der Waals surface area (Å²) in [5.74, 6) is -0.591. The summed E-state index contributed by atoms with van der Waals surface area (Å²) in [5.41, 5.74) is 4.68. The van der Waals surface area contributed by atoms with Crippen molar-refractivity contribution in [2.24, 2.45) is 5.92 Å². The van der Waals surface area contributed by atoms with Crippen LogP contribution in [0.1, 0.15) is 24.8 Å². The number of nitrogens with zero attached hydrogens (tertiary/aromatic N) is 2. The molecule has 2 N–H and O–H groups in total. The van der Waals surface area contributed by atoms with E-state index >= 15 is 0 Å². The first-order chi connectivity index (χ1) is 14.9. The van der Waals surface area contributed by atoms with Crippen LogP contribution in [0, 0.1) is 17.6 Å². The van der Waals surface area contributed by atoms with Gasteiger partial charge in [0.05, 0.1) is 6.04 Å². The highest BCUT2D eigenvalue weighted by Gasteiger charge is 2.32. The van der Waals surface area contributed by atoms with Crippen molar-refractivity contribution in [3.63, 3.8) is 0 Å². The van der Waals surface area contributed by atoms with Crippen LogP contribution in [0.3, 0.4) is 0 Å². The molecule has 1 saturated heterocycles. The molecule has 2 aromatic carbocycles. The van der Waals surface area contributed by atoms with Gasteiger partial charge in [0.15, 0.2) is 0 Å². The van der Waals surface area contributed by atoms with Crippen LogP contribution in [0.4, 0.5) is 13.6 Å². The van der Waals surface area contributed by atoms with E-state index in [1.165, 1.54) is 25.2 Å². The quantitative estimate of drug-likeness (QED) is 0.490. The summed E-state index contributed by atoms with van der Waals surface area (Å²) in [7, 11) is 1.53. The molecule has 6 nitrogen and oxygen atoms in total. The van der Waals surface area contributed by atoms with Gasteiger partial charge in [-0.1, -0.05) is 24.3 Å². The van der Waals surface area contributed by atoms with E-state index in [1.807, 2.05) is 6.07 Å². The van der Waals surface area contributed by atoms with E-state index in [1.54, 1.807) is 18.2 Å². The largest absolute Gasteiger partial charge is 0.464 e. The lowest BCUT2D eigenvalue weighted by Crippen LogP contribution is -2.52. The lowest BCUT2D eigenvalue weighted by Gasteiger charge is -2.39. The molecule has 3 rings (SSSR count). The van der Waals surface area contributed by atoms with Crippen molar-refractivity contribution >= 4 is 12.4 Å². The summed E-state index contributed by atoms with van der Waals surface area (Å²) in [6.45, 7) is 1.84. The van der Waals surface area contributed by atoms with E-state index in [-0.39, 0.29) is 24.0 Å². The van der Waals surface area contributed by atoms with Crippen molar-refractivity contribution in [2.75, 3.05) is 20.1 Å². The highest BCUT2D eigenvalue weighted by molar-refractivity contribution is 5.66. The average molecular weight is 431 g/mol. The topological polar surface area (TPSA) is 72.9 Å². The fourth-order valence-electron chi connectivity index (χ4n) is 4.24. The van der Waals surface area contributed by atoms with Crippen LogP contribution in [0.5, 0.6) is 0 Å². The zero-order chi connectivity index (χ0) is 22.4. The molecule has 1 unspecified atom stereocenters. The Balaban J connectivity index is 1.62. The van der Waals surface area contributed by atoms with Gasteiger partial charge in [-0.15, -0.1) is 0 Å². The Bertz CT molecular complexity index is 899. The molecule has 1 aliphatic heterocycles. The fraction of sp³-hybridized carbons (Fsp3) is 0.391. The van der Waals surface area contributed by atoms with Crippen LogP contribution in [-0.4, -0.2) is 53.6 Å². The van der Waals surface area contributed by atoms with E-state index in [2.05, 4.69) is 10.3 Å². The molecular formula is C23H27F2N3O3. The van der Waals surface area contributed by atoms with Gasteiger partial charge in [-0.25, -0.2) is 24.0 Å². The van der Waals surface area contributed by atoms with Gasteiger partial charge >= 0.3 is 6.09 Å². The number of carboxylic acid groups (broad SMARTS) is 1. The Hall–Kier alpha value is -2.84. The van der Waals surface area contributed by atoms with Crippen LogP contribution in [0.2, 0.25) is 0 Å². The third kappa shape index (κ3) is 5.65.